The minimum Gasteiger partial charge on any atom is -0.366 e. The van der Waals surface area contributed by atoms with Crippen LogP contribution in [0.1, 0.15) is 21.7 Å². The van der Waals surface area contributed by atoms with Crippen molar-refractivity contribution in [2.75, 3.05) is 0 Å². The molecule has 1 aromatic heterocycles. The highest BCUT2D eigenvalue weighted by Crippen LogP contribution is 2.12. The van der Waals surface area contributed by atoms with Gasteiger partial charge in [0.2, 0.25) is 5.91 Å². The number of primary amides is 1. The van der Waals surface area contributed by atoms with Crippen molar-refractivity contribution < 1.29 is 4.79 Å². The van der Waals surface area contributed by atoms with Gasteiger partial charge in [-0.15, -0.1) is 0 Å². The molecule has 0 unspecified atom stereocenters. The fourth-order valence-electron chi connectivity index (χ4n) is 1.66. The van der Waals surface area contributed by atoms with E-state index in [1.54, 1.807) is 12.1 Å². The van der Waals surface area contributed by atoms with Crippen molar-refractivity contribution in [2.24, 2.45) is 5.73 Å². The van der Waals surface area contributed by atoms with E-state index in [-0.39, 0.29) is 0 Å². The average Bonchev–Trinajstić information content (AvgIpc) is 2.58. The Hall–Kier alpha value is -2.10. The molecule has 0 saturated carbocycles. The van der Waals surface area contributed by atoms with Crippen LogP contribution in [0.3, 0.4) is 0 Å². The summed E-state index contributed by atoms with van der Waals surface area (Å²) in [4.78, 5) is 10.9. The normalized spacial score (nSPS) is 10.4. The van der Waals surface area contributed by atoms with Crippen molar-refractivity contribution in [3.8, 4) is 5.69 Å². The lowest BCUT2D eigenvalue weighted by atomic mass is 10.2. The fourth-order valence-corrected chi connectivity index (χ4v) is 1.66. The van der Waals surface area contributed by atoms with Crippen LogP contribution in [0.15, 0.2) is 30.3 Å². The average molecular weight is 215 g/mol. The standard InChI is InChI=1S/C12H13N3O/c1-8-7-9(2)15(14-8)11-5-3-10(4-6-11)12(13)16/h3-7H,1-2H3,(H2,13,16). The van der Waals surface area contributed by atoms with Crippen molar-refractivity contribution in [3.05, 3.63) is 47.3 Å². The van der Waals surface area contributed by atoms with Gasteiger partial charge in [-0.2, -0.15) is 5.10 Å². The van der Waals surface area contributed by atoms with Crippen molar-refractivity contribution in [2.45, 2.75) is 13.8 Å². The third-order valence-electron chi connectivity index (χ3n) is 2.41. The molecule has 0 aliphatic carbocycles. The first-order valence-electron chi connectivity index (χ1n) is 5.01. The number of aromatic nitrogens is 2. The number of nitrogens with zero attached hydrogens (tertiary/aromatic N) is 2. The highest BCUT2D eigenvalue weighted by molar-refractivity contribution is 5.92. The topological polar surface area (TPSA) is 60.9 Å². The Kier molecular flexibility index (Phi) is 2.48. The highest BCUT2D eigenvalue weighted by Gasteiger charge is 2.04. The summed E-state index contributed by atoms with van der Waals surface area (Å²) in [7, 11) is 0. The third-order valence-corrected chi connectivity index (χ3v) is 2.41. The van der Waals surface area contributed by atoms with Crippen LogP contribution in [0, 0.1) is 13.8 Å². The zero-order valence-electron chi connectivity index (χ0n) is 9.27. The van der Waals surface area contributed by atoms with E-state index < -0.39 is 5.91 Å². The second kappa shape index (κ2) is 3.81. The molecule has 2 N–H and O–H groups in total. The van der Waals surface area contributed by atoms with Gasteiger partial charge < -0.3 is 5.73 Å². The molecule has 2 rings (SSSR count). The molecule has 0 saturated heterocycles. The van der Waals surface area contributed by atoms with Crippen LogP contribution in [0.5, 0.6) is 0 Å². The molecule has 1 heterocycles. The zero-order valence-corrected chi connectivity index (χ0v) is 9.27. The number of carbonyl (C=O) groups excluding carboxylic acids is 1. The van der Waals surface area contributed by atoms with Crippen LogP contribution in [0.4, 0.5) is 0 Å². The van der Waals surface area contributed by atoms with E-state index in [0.29, 0.717) is 5.56 Å². The van der Waals surface area contributed by atoms with E-state index in [4.69, 9.17) is 5.73 Å². The second-order valence-corrected chi connectivity index (χ2v) is 3.75. The maximum Gasteiger partial charge on any atom is 0.248 e. The Labute approximate surface area is 93.7 Å². The molecule has 1 aromatic carbocycles. The molecule has 0 radical (unpaired) electrons. The molecular formula is C12H13N3O. The van der Waals surface area contributed by atoms with Crippen molar-refractivity contribution in [3.63, 3.8) is 0 Å². The number of carbonyl (C=O) groups is 1. The highest BCUT2D eigenvalue weighted by atomic mass is 16.1. The first-order chi connectivity index (χ1) is 7.58. The predicted molar refractivity (Wildman–Crippen MR) is 61.6 cm³/mol. The Balaban J connectivity index is 2.42. The molecule has 0 aliphatic rings. The molecule has 0 atom stereocenters. The Morgan fingerprint density at radius 1 is 1.25 bits per heavy atom. The van der Waals surface area contributed by atoms with E-state index in [9.17, 15) is 4.79 Å². The summed E-state index contributed by atoms with van der Waals surface area (Å²) in [5, 5.41) is 4.36. The lowest BCUT2D eigenvalue weighted by Gasteiger charge is -2.04. The van der Waals surface area contributed by atoms with Crippen LogP contribution in [-0.4, -0.2) is 15.7 Å². The molecular weight excluding hydrogens is 202 g/mol. The predicted octanol–water partition coefficient (Wildman–Crippen LogP) is 1.59. The smallest absolute Gasteiger partial charge is 0.248 e. The molecule has 0 bridgehead atoms. The van der Waals surface area contributed by atoms with Gasteiger partial charge in [-0.25, -0.2) is 4.68 Å². The van der Waals surface area contributed by atoms with Crippen LogP contribution in [-0.2, 0) is 0 Å². The quantitative estimate of drug-likeness (QED) is 0.826. The summed E-state index contributed by atoms with van der Waals surface area (Å²) in [6.45, 7) is 3.93. The number of rotatable bonds is 2. The Morgan fingerprint density at radius 2 is 1.88 bits per heavy atom. The number of hydrogen-bond donors (Lipinski definition) is 1. The van der Waals surface area contributed by atoms with Gasteiger partial charge in [0, 0.05) is 11.3 Å². The Bertz CT molecular complexity index is 526. The largest absolute Gasteiger partial charge is 0.366 e. The fraction of sp³-hybridized carbons (Fsp3) is 0.167. The van der Waals surface area contributed by atoms with E-state index in [0.717, 1.165) is 17.1 Å². The second-order valence-electron chi connectivity index (χ2n) is 3.75. The van der Waals surface area contributed by atoms with Gasteiger partial charge in [0.05, 0.1) is 11.4 Å². The van der Waals surface area contributed by atoms with Gasteiger partial charge in [-0.1, -0.05) is 0 Å². The van der Waals surface area contributed by atoms with Gasteiger partial charge in [0.15, 0.2) is 0 Å². The number of aryl methyl sites for hydroxylation is 2. The molecule has 2 aromatic rings. The van der Waals surface area contributed by atoms with Crippen LogP contribution in [0.25, 0.3) is 5.69 Å². The van der Waals surface area contributed by atoms with Gasteiger partial charge in [0.25, 0.3) is 0 Å². The molecule has 4 heteroatoms. The summed E-state index contributed by atoms with van der Waals surface area (Å²) >= 11 is 0. The van der Waals surface area contributed by atoms with Gasteiger partial charge >= 0.3 is 0 Å². The number of nitrogens with two attached hydrogens (primary N) is 1. The number of hydrogen-bond acceptors (Lipinski definition) is 2. The minimum absolute atomic E-state index is 0.417. The van der Waals surface area contributed by atoms with Gasteiger partial charge in [0.1, 0.15) is 0 Å². The monoisotopic (exact) mass is 215 g/mol. The van der Waals surface area contributed by atoms with Crippen molar-refractivity contribution in [1.29, 1.82) is 0 Å². The lowest BCUT2D eigenvalue weighted by Crippen LogP contribution is -2.10. The number of amides is 1. The maximum atomic E-state index is 10.9. The summed E-state index contributed by atoms with van der Waals surface area (Å²) in [5.74, 6) is -0.417. The molecule has 0 spiro atoms. The van der Waals surface area contributed by atoms with E-state index in [1.165, 1.54) is 0 Å². The van der Waals surface area contributed by atoms with E-state index >= 15 is 0 Å². The molecule has 4 nitrogen and oxygen atoms in total. The minimum atomic E-state index is -0.417. The first kappa shape index (κ1) is 10.4. The van der Waals surface area contributed by atoms with E-state index in [2.05, 4.69) is 5.10 Å². The van der Waals surface area contributed by atoms with Gasteiger partial charge in [-0.3, -0.25) is 4.79 Å². The van der Waals surface area contributed by atoms with Crippen molar-refractivity contribution in [1.82, 2.24) is 9.78 Å². The lowest BCUT2D eigenvalue weighted by molar-refractivity contribution is 0.100. The molecule has 16 heavy (non-hydrogen) atoms. The van der Waals surface area contributed by atoms with Crippen LogP contribution >= 0.6 is 0 Å². The number of benzene rings is 1. The summed E-state index contributed by atoms with van der Waals surface area (Å²) in [5.41, 5.74) is 8.64. The molecule has 82 valence electrons. The zero-order chi connectivity index (χ0) is 11.7. The third kappa shape index (κ3) is 1.82. The van der Waals surface area contributed by atoms with Gasteiger partial charge in [-0.05, 0) is 44.2 Å². The van der Waals surface area contributed by atoms with Crippen LogP contribution in [0.2, 0.25) is 0 Å². The summed E-state index contributed by atoms with van der Waals surface area (Å²) < 4.78 is 1.83. The Morgan fingerprint density at radius 3 is 2.31 bits per heavy atom. The summed E-state index contributed by atoms with van der Waals surface area (Å²) in [6, 6.07) is 9.07. The molecule has 0 aliphatic heterocycles. The SMILES string of the molecule is Cc1cc(C)n(-c2ccc(C(N)=O)cc2)n1. The summed E-state index contributed by atoms with van der Waals surface area (Å²) in [6.07, 6.45) is 0. The first-order valence-corrected chi connectivity index (χ1v) is 5.01. The van der Waals surface area contributed by atoms with Crippen molar-refractivity contribution >= 4 is 5.91 Å². The van der Waals surface area contributed by atoms with Crippen LogP contribution < -0.4 is 5.73 Å². The maximum absolute atomic E-state index is 10.9. The van der Waals surface area contributed by atoms with E-state index in [1.807, 2.05) is 36.7 Å². The molecule has 1 amide bonds. The molecule has 0 fully saturated rings.